The Morgan fingerprint density at radius 1 is 1.55 bits per heavy atom. The van der Waals surface area contributed by atoms with E-state index >= 15 is 0 Å². The third-order valence-corrected chi connectivity index (χ3v) is 1.40. The molecule has 0 saturated carbocycles. The smallest absolute Gasteiger partial charge is 0.0793 e. The first-order valence-corrected chi connectivity index (χ1v) is 3.40. The Balaban J connectivity index is 2.89. The van der Waals surface area contributed by atoms with Gasteiger partial charge in [-0.1, -0.05) is 6.08 Å². The maximum absolute atomic E-state index is 5.62. The van der Waals surface area contributed by atoms with Crippen molar-refractivity contribution in [1.82, 2.24) is 9.97 Å². The van der Waals surface area contributed by atoms with Crippen LogP contribution in [0, 0.1) is 6.92 Å². The predicted octanol–water partition coefficient (Wildman–Crippen LogP) is 0.971. The van der Waals surface area contributed by atoms with Crippen molar-refractivity contribution in [3.05, 3.63) is 36.4 Å². The van der Waals surface area contributed by atoms with Crippen LogP contribution in [-0.2, 0) is 0 Å². The van der Waals surface area contributed by atoms with Gasteiger partial charge in [-0.15, -0.1) is 6.58 Å². The van der Waals surface area contributed by atoms with Crippen LogP contribution in [0.5, 0.6) is 0 Å². The van der Waals surface area contributed by atoms with Gasteiger partial charge in [-0.05, 0) is 6.92 Å². The molecule has 0 radical (unpaired) electrons. The molecule has 58 valence electrons. The zero-order valence-electron chi connectivity index (χ0n) is 6.49. The molecule has 1 aromatic rings. The van der Waals surface area contributed by atoms with E-state index in [4.69, 9.17) is 5.73 Å². The largest absolute Gasteiger partial charge is 0.319 e. The van der Waals surface area contributed by atoms with Gasteiger partial charge in [0.2, 0.25) is 0 Å². The highest BCUT2D eigenvalue weighted by molar-refractivity contribution is 5.09. The minimum absolute atomic E-state index is 0.205. The van der Waals surface area contributed by atoms with Crippen LogP contribution >= 0.6 is 0 Å². The van der Waals surface area contributed by atoms with Gasteiger partial charge in [0.25, 0.3) is 0 Å². The van der Waals surface area contributed by atoms with E-state index in [1.807, 2.05) is 6.92 Å². The van der Waals surface area contributed by atoms with Crippen LogP contribution in [0.15, 0.2) is 25.0 Å². The SMILES string of the molecule is C=CC(N)c1cnc(C)cn1. The van der Waals surface area contributed by atoms with Crippen molar-refractivity contribution < 1.29 is 0 Å². The molecular formula is C8H11N3. The Bertz CT molecular complexity index is 240. The summed E-state index contributed by atoms with van der Waals surface area (Å²) in [7, 11) is 0. The fraction of sp³-hybridized carbons (Fsp3) is 0.250. The van der Waals surface area contributed by atoms with Gasteiger partial charge in [0.05, 0.1) is 23.6 Å². The second-order valence-electron chi connectivity index (χ2n) is 2.34. The summed E-state index contributed by atoms with van der Waals surface area (Å²) in [5.41, 5.74) is 7.27. The van der Waals surface area contributed by atoms with Crippen LogP contribution in [0.25, 0.3) is 0 Å². The first kappa shape index (κ1) is 7.88. The van der Waals surface area contributed by atoms with Gasteiger partial charge in [-0.3, -0.25) is 9.97 Å². The van der Waals surface area contributed by atoms with E-state index in [1.165, 1.54) is 0 Å². The maximum Gasteiger partial charge on any atom is 0.0793 e. The normalized spacial score (nSPS) is 12.5. The lowest BCUT2D eigenvalue weighted by molar-refractivity contribution is 0.844. The quantitative estimate of drug-likeness (QED) is 0.637. The van der Waals surface area contributed by atoms with Gasteiger partial charge >= 0.3 is 0 Å². The van der Waals surface area contributed by atoms with Crippen LogP contribution in [0.2, 0.25) is 0 Å². The standard InChI is InChI=1S/C8H11N3/c1-3-7(9)8-5-10-6(2)4-11-8/h3-5,7H,1,9H2,2H3. The topological polar surface area (TPSA) is 51.8 Å². The molecule has 0 aliphatic heterocycles. The van der Waals surface area contributed by atoms with Crippen molar-refractivity contribution in [2.75, 3.05) is 0 Å². The van der Waals surface area contributed by atoms with E-state index in [1.54, 1.807) is 18.5 Å². The molecule has 0 aliphatic rings. The molecule has 1 unspecified atom stereocenters. The lowest BCUT2D eigenvalue weighted by Gasteiger charge is -2.03. The van der Waals surface area contributed by atoms with Gasteiger partial charge in [-0.25, -0.2) is 0 Å². The second kappa shape index (κ2) is 3.25. The highest BCUT2D eigenvalue weighted by Gasteiger charge is 2.01. The molecule has 3 nitrogen and oxygen atoms in total. The summed E-state index contributed by atoms with van der Waals surface area (Å²) < 4.78 is 0. The average molecular weight is 149 g/mol. The zero-order chi connectivity index (χ0) is 8.27. The second-order valence-corrected chi connectivity index (χ2v) is 2.34. The molecule has 0 bridgehead atoms. The van der Waals surface area contributed by atoms with Crippen molar-refractivity contribution in [2.45, 2.75) is 13.0 Å². The lowest BCUT2D eigenvalue weighted by Crippen LogP contribution is -2.08. The Kier molecular flexibility index (Phi) is 2.33. The highest BCUT2D eigenvalue weighted by atomic mass is 14.8. The van der Waals surface area contributed by atoms with Crippen molar-refractivity contribution in [2.24, 2.45) is 5.73 Å². The van der Waals surface area contributed by atoms with E-state index in [0.717, 1.165) is 11.4 Å². The molecule has 0 aromatic carbocycles. The molecule has 0 amide bonds. The molecule has 11 heavy (non-hydrogen) atoms. The highest BCUT2D eigenvalue weighted by Crippen LogP contribution is 2.04. The molecule has 0 spiro atoms. The number of hydrogen-bond donors (Lipinski definition) is 1. The fourth-order valence-electron chi connectivity index (χ4n) is 0.695. The Labute approximate surface area is 66.0 Å². The van der Waals surface area contributed by atoms with Gasteiger partial charge in [0, 0.05) is 6.20 Å². The van der Waals surface area contributed by atoms with Crippen LogP contribution in [-0.4, -0.2) is 9.97 Å². The summed E-state index contributed by atoms with van der Waals surface area (Å²) in [6, 6.07) is -0.205. The van der Waals surface area contributed by atoms with E-state index < -0.39 is 0 Å². The minimum atomic E-state index is -0.205. The molecule has 1 atom stereocenters. The van der Waals surface area contributed by atoms with Gasteiger partial charge in [0.15, 0.2) is 0 Å². The number of nitrogens with two attached hydrogens (primary N) is 1. The number of nitrogens with zero attached hydrogens (tertiary/aromatic N) is 2. The van der Waals surface area contributed by atoms with Crippen molar-refractivity contribution in [1.29, 1.82) is 0 Å². The summed E-state index contributed by atoms with van der Waals surface area (Å²) >= 11 is 0. The third kappa shape index (κ3) is 1.85. The Morgan fingerprint density at radius 3 is 2.73 bits per heavy atom. The van der Waals surface area contributed by atoms with Crippen LogP contribution in [0.3, 0.4) is 0 Å². The van der Waals surface area contributed by atoms with E-state index in [9.17, 15) is 0 Å². The Hall–Kier alpha value is -1.22. The Morgan fingerprint density at radius 2 is 2.27 bits per heavy atom. The molecule has 1 rings (SSSR count). The number of aryl methyl sites for hydroxylation is 1. The van der Waals surface area contributed by atoms with Crippen LogP contribution in [0.4, 0.5) is 0 Å². The number of hydrogen-bond acceptors (Lipinski definition) is 3. The summed E-state index contributed by atoms with van der Waals surface area (Å²) in [5, 5.41) is 0. The van der Waals surface area contributed by atoms with Crippen LogP contribution in [0.1, 0.15) is 17.4 Å². The third-order valence-electron chi connectivity index (χ3n) is 1.40. The molecule has 1 heterocycles. The monoisotopic (exact) mass is 149 g/mol. The number of rotatable bonds is 2. The van der Waals surface area contributed by atoms with E-state index in [0.29, 0.717) is 0 Å². The van der Waals surface area contributed by atoms with Gasteiger partial charge in [-0.2, -0.15) is 0 Å². The molecule has 3 heteroatoms. The van der Waals surface area contributed by atoms with Crippen molar-refractivity contribution >= 4 is 0 Å². The van der Waals surface area contributed by atoms with Gasteiger partial charge < -0.3 is 5.73 Å². The minimum Gasteiger partial charge on any atom is -0.319 e. The van der Waals surface area contributed by atoms with Crippen LogP contribution < -0.4 is 5.73 Å². The molecule has 1 aromatic heterocycles. The van der Waals surface area contributed by atoms with E-state index in [-0.39, 0.29) is 6.04 Å². The first-order chi connectivity index (χ1) is 5.24. The zero-order valence-corrected chi connectivity index (χ0v) is 6.49. The lowest BCUT2D eigenvalue weighted by atomic mass is 10.2. The van der Waals surface area contributed by atoms with Crippen molar-refractivity contribution in [3.8, 4) is 0 Å². The van der Waals surface area contributed by atoms with Gasteiger partial charge in [0.1, 0.15) is 0 Å². The summed E-state index contributed by atoms with van der Waals surface area (Å²) in [5.74, 6) is 0. The predicted molar refractivity (Wildman–Crippen MR) is 43.9 cm³/mol. The first-order valence-electron chi connectivity index (χ1n) is 3.40. The fourth-order valence-corrected chi connectivity index (χ4v) is 0.695. The maximum atomic E-state index is 5.62. The molecule has 0 saturated heterocycles. The number of aromatic nitrogens is 2. The molecule has 0 aliphatic carbocycles. The average Bonchev–Trinajstić information content (AvgIpc) is 2.05. The molecule has 0 fully saturated rings. The summed E-state index contributed by atoms with van der Waals surface area (Å²) in [6.07, 6.45) is 5.00. The van der Waals surface area contributed by atoms with Crippen molar-refractivity contribution in [3.63, 3.8) is 0 Å². The molecule has 2 N–H and O–H groups in total. The summed E-state index contributed by atoms with van der Waals surface area (Å²) in [4.78, 5) is 8.15. The summed E-state index contributed by atoms with van der Waals surface area (Å²) in [6.45, 7) is 5.45. The van der Waals surface area contributed by atoms with E-state index in [2.05, 4.69) is 16.5 Å². The molecular weight excluding hydrogens is 138 g/mol.